The third kappa shape index (κ3) is 5.75. The maximum absolute atomic E-state index is 4.20. The van der Waals surface area contributed by atoms with Crippen LogP contribution >= 0.6 is 11.8 Å². The van der Waals surface area contributed by atoms with Crippen molar-refractivity contribution in [2.45, 2.75) is 45.1 Å². The second-order valence-corrected chi connectivity index (χ2v) is 6.35. The van der Waals surface area contributed by atoms with Crippen molar-refractivity contribution in [3.05, 3.63) is 23.0 Å². The van der Waals surface area contributed by atoms with Crippen LogP contribution in [0.2, 0.25) is 0 Å². The van der Waals surface area contributed by atoms with Crippen LogP contribution in [0, 0.1) is 5.92 Å². The first kappa shape index (κ1) is 18.1. The van der Waals surface area contributed by atoms with E-state index in [-0.39, 0.29) is 0 Å². The van der Waals surface area contributed by atoms with Crippen molar-refractivity contribution in [2.75, 3.05) is 20.0 Å². The van der Waals surface area contributed by atoms with Crippen molar-refractivity contribution >= 4 is 18.5 Å². The van der Waals surface area contributed by atoms with Crippen LogP contribution in [0.1, 0.15) is 39.0 Å². The van der Waals surface area contributed by atoms with Gasteiger partial charge >= 0.3 is 0 Å². The molecule has 120 valence electrons. The Labute approximate surface area is 133 Å². The average molecular weight is 311 g/mol. The first-order valence-electron chi connectivity index (χ1n) is 7.75. The van der Waals surface area contributed by atoms with E-state index in [0.717, 1.165) is 22.3 Å². The predicted octanol–water partition coefficient (Wildman–Crippen LogP) is 3.06. The fraction of sp³-hybridized carbons (Fsp3) is 0.688. The molecule has 0 amide bonds. The molecule has 0 bridgehead atoms. The molecule has 2 atom stereocenters. The molecule has 1 aliphatic rings. The van der Waals surface area contributed by atoms with Gasteiger partial charge < -0.3 is 16.0 Å². The van der Waals surface area contributed by atoms with Gasteiger partial charge in [0.1, 0.15) is 5.82 Å². The number of hydrogen-bond donors (Lipinski definition) is 3. The molecule has 1 fully saturated rings. The quantitative estimate of drug-likeness (QED) is 0.330. The Morgan fingerprint density at radius 1 is 1.38 bits per heavy atom. The van der Waals surface area contributed by atoms with Crippen LogP contribution in [-0.2, 0) is 0 Å². The second-order valence-electron chi connectivity index (χ2n) is 5.53. The molecule has 2 unspecified atom stereocenters. The van der Waals surface area contributed by atoms with E-state index >= 15 is 0 Å². The van der Waals surface area contributed by atoms with E-state index in [1.54, 1.807) is 11.8 Å². The van der Waals surface area contributed by atoms with Crippen molar-refractivity contribution in [1.82, 2.24) is 16.0 Å². The molecule has 1 rings (SSSR count). The Morgan fingerprint density at radius 3 is 2.71 bits per heavy atom. The summed E-state index contributed by atoms with van der Waals surface area (Å²) in [5, 5.41) is 9.87. The molecule has 0 heterocycles. The molecule has 0 radical (unpaired) electrons. The lowest BCUT2D eigenvalue weighted by atomic mass is 10.0. The van der Waals surface area contributed by atoms with Crippen LogP contribution in [0.4, 0.5) is 0 Å². The lowest BCUT2D eigenvalue weighted by Crippen LogP contribution is -2.29. The molecule has 0 aromatic rings. The third-order valence-corrected chi connectivity index (χ3v) is 4.76. The van der Waals surface area contributed by atoms with Crippen LogP contribution in [-0.4, -0.2) is 32.7 Å². The minimum absolute atomic E-state index is 0.515. The lowest BCUT2D eigenvalue weighted by molar-refractivity contribution is 0.474. The molecule has 0 aromatic carbocycles. The highest BCUT2D eigenvalue weighted by molar-refractivity contribution is 8.02. The van der Waals surface area contributed by atoms with E-state index in [4.69, 9.17) is 0 Å². The average Bonchev–Trinajstić information content (AvgIpc) is 2.92. The van der Waals surface area contributed by atoms with Gasteiger partial charge in [0.2, 0.25) is 0 Å². The fourth-order valence-electron chi connectivity index (χ4n) is 2.89. The summed E-state index contributed by atoms with van der Waals surface area (Å²) in [5.41, 5.74) is 0.884. The van der Waals surface area contributed by atoms with E-state index in [0.29, 0.717) is 12.7 Å². The third-order valence-electron chi connectivity index (χ3n) is 3.91. The molecule has 0 saturated heterocycles. The number of nitrogens with one attached hydrogen (secondary N) is 3. The van der Waals surface area contributed by atoms with Gasteiger partial charge in [-0.05, 0) is 45.2 Å². The summed E-state index contributed by atoms with van der Waals surface area (Å²) in [6.45, 7) is 10.8. The van der Waals surface area contributed by atoms with Gasteiger partial charge in [-0.25, -0.2) is 4.99 Å². The summed E-state index contributed by atoms with van der Waals surface area (Å²) in [6, 6.07) is 0.515. The van der Waals surface area contributed by atoms with E-state index < -0.39 is 0 Å². The van der Waals surface area contributed by atoms with Crippen LogP contribution in [0.25, 0.3) is 0 Å². The van der Waals surface area contributed by atoms with Crippen molar-refractivity contribution in [3.8, 4) is 0 Å². The van der Waals surface area contributed by atoms with Gasteiger partial charge in [-0.15, -0.1) is 11.8 Å². The minimum atomic E-state index is 0.515. The molecule has 21 heavy (non-hydrogen) atoms. The van der Waals surface area contributed by atoms with E-state index in [9.17, 15) is 0 Å². The zero-order valence-corrected chi connectivity index (χ0v) is 14.5. The molecular formula is C16H30N4S. The Morgan fingerprint density at radius 2 is 2.14 bits per heavy atom. The molecule has 0 aromatic heterocycles. The fourth-order valence-corrected chi connectivity index (χ4v) is 3.53. The van der Waals surface area contributed by atoms with Gasteiger partial charge in [0, 0.05) is 11.7 Å². The zero-order valence-electron chi connectivity index (χ0n) is 13.7. The summed E-state index contributed by atoms with van der Waals surface area (Å²) in [4.78, 5) is 5.24. The molecule has 1 aliphatic carbocycles. The summed E-state index contributed by atoms with van der Waals surface area (Å²) in [6.07, 6.45) is 8.45. The number of thioether (sulfide) groups is 1. The summed E-state index contributed by atoms with van der Waals surface area (Å²) in [7, 11) is 1.90. The van der Waals surface area contributed by atoms with Crippen LogP contribution in [0.5, 0.6) is 0 Å². The molecule has 0 spiro atoms. The Hall–Kier alpha value is -0.940. The molecular weight excluding hydrogens is 280 g/mol. The summed E-state index contributed by atoms with van der Waals surface area (Å²) >= 11 is 1.65. The number of nitrogens with zero attached hydrogens (tertiary/aromatic N) is 1. The smallest absolute Gasteiger partial charge is 0.141 e. The highest BCUT2D eigenvalue weighted by Gasteiger charge is 2.25. The first-order valence-corrected chi connectivity index (χ1v) is 8.97. The normalized spacial score (nSPS) is 22.6. The maximum atomic E-state index is 4.20. The van der Waals surface area contributed by atoms with Gasteiger partial charge in [0.15, 0.2) is 0 Å². The zero-order chi connectivity index (χ0) is 15.7. The molecule has 3 N–H and O–H groups in total. The molecule has 1 saturated carbocycles. The SMILES string of the molecule is C=N/C(NC1CCC(CCC)C1)=C(/SC)C(=C)NCNC. The lowest BCUT2D eigenvalue weighted by Gasteiger charge is -2.19. The van der Waals surface area contributed by atoms with E-state index in [1.807, 2.05) is 13.3 Å². The monoisotopic (exact) mass is 310 g/mol. The highest BCUT2D eigenvalue weighted by Crippen LogP contribution is 2.31. The van der Waals surface area contributed by atoms with Gasteiger partial charge in [-0.2, -0.15) is 0 Å². The van der Waals surface area contributed by atoms with Gasteiger partial charge in [0.05, 0.1) is 11.6 Å². The van der Waals surface area contributed by atoms with Crippen LogP contribution in [0.15, 0.2) is 28.0 Å². The van der Waals surface area contributed by atoms with Crippen LogP contribution < -0.4 is 16.0 Å². The molecule has 5 heteroatoms. The summed E-state index contributed by atoms with van der Waals surface area (Å²) < 4.78 is 0. The maximum Gasteiger partial charge on any atom is 0.141 e. The van der Waals surface area contributed by atoms with Crippen molar-refractivity contribution in [1.29, 1.82) is 0 Å². The first-order chi connectivity index (χ1) is 10.2. The predicted molar refractivity (Wildman–Crippen MR) is 95.5 cm³/mol. The van der Waals surface area contributed by atoms with E-state index in [2.05, 4.69) is 41.2 Å². The highest BCUT2D eigenvalue weighted by atomic mass is 32.2. The number of aliphatic imine (C=N–C) groups is 1. The molecule has 4 nitrogen and oxygen atoms in total. The van der Waals surface area contributed by atoms with Crippen LogP contribution in [0.3, 0.4) is 0 Å². The number of rotatable bonds is 10. The summed E-state index contributed by atoms with van der Waals surface area (Å²) in [5.74, 6) is 1.72. The van der Waals surface area contributed by atoms with Crippen molar-refractivity contribution in [3.63, 3.8) is 0 Å². The Kier molecular flexibility index (Phi) is 8.54. The largest absolute Gasteiger partial charge is 0.372 e. The van der Waals surface area contributed by atoms with E-state index in [1.165, 1.54) is 32.1 Å². The standard InChI is InChI=1S/C16H30N4S/c1-6-7-13-8-9-14(10-13)20-16(18-4)15(21-5)12(2)19-11-17-3/h13-14,17,19-20H,2,4,6-11H2,1,3,5H3/b16-15-. The Balaban J connectivity index is 2.68. The second kappa shape index (κ2) is 9.90. The molecule has 0 aliphatic heterocycles. The van der Waals surface area contributed by atoms with Crippen molar-refractivity contribution < 1.29 is 0 Å². The van der Waals surface area contributed by atoms with Crippen molar-refractivity contribution in [2.24, 2.45) is 10.9 Å². The van der Waals surface area contributed by atoms with Gasteiger partial charge in [0.25, 0.3) is 0 Å². The minimum Gasteiger partial charge on any atom is -0.372 e. The topological polar surface area (TPSA) is 48.5 Å². The van der Waals surface area contributed by atoms with Gasteiger partial charge in [-0.1, -0.05) is 26.3 Å². The van der Waals surface area contributed by atoms with Gasteiger partial charge in [-0.3, -0.25) is 0 Å². The number of hydrogen-bond acceptors (Lipinski definition) is 5. The Bertz CT molecular complexity index is 378.